The molecule has 1 unspecified atom stereocenters. The molecular weight excluding hydrogens is 985 g/mol. The van der Waals surface area contributed by atoms with E-state index in [-0.39, 0.29) is 31.6 Å². The van der Waals surface area contributed by atoms with Gasteiger partial charge in [-0.1, -0.05) is 322 Å². The Kier molecular flexibility index (Phi) is 63.8. The first-order valence-electron chi connectivity index (χ1n) is 33.5. The third-order valence-electron chi connectivity index (χ3n) is 14.2. The van der Waals surface area contributed by atoms with Gasteiger partial charge < -0.3 is 14.2 Å². The van der Waals surface area contributed by atoms with Gasteiger partial charge in [-0.05, 0) is 89.9 Å². The van der Waals surface area contributed by atoms with Gasteiger partial charge in [0, 0.05) is 12.8 Å². The van der Waals surface area contributed by atoms with Crippen molar-refractivity contribution < 1.29 is 28.6 Å². The molecule has 80 heavy (non-hydrogen) atoms. The maximum atomic E-state index is 12.9. The summed E-state index contributed by atoms with van der Waals surface area (Å²) >= 11 is 0. The van der Waals surface area contributed by atoms with Crippen molar-refractivity contribution in [2.24, 2.45) is 0 Å². The Balaban J connectivity index is 4.38. The molecule has 0 aromatic heterocycles. The molecule has 0 aromatic carbocycles. The van der Waals surface area contributed by atoms with Gasteiger partial charge >= 0.3 is 17.9 Å². The average Bonchev–Trinajstić information content (AvgIpc) is 3.46. The van der Waals surface area contributed by atoms with E-state index in [4.69, 9.17) is 14.2 Å². The second-order valence-corrected chi connectivity index (χ2v) is 22.0. The van der Waals surface area contributed by atoms with E-state index in [1.54, 1.807) is 6.08 Å². The van der Waals surface area contributed by atoms with Crippen LogP contribution in [0.1, 0.15) is 310 Å². The van der Waals surface area contributed by atoms with Crippen LogP contribution >= 0.6 is 0 Å². The largest absolute Gasteiger partial charge is 0.462 e. The van der Waals surface area contributed by atoms with Crippen LogP contribution < -0.4 is 0 Å². The van der Waals surface area contributed by atoms with Crippen LogP contribution in [0.25, 0.3) is 0 Å². The molecule has 0 rings (SSSR count). The van der Waals surface area contributed by atoms with E-state index in [1.165, 1.54) is 167 Å². The Bertz CT molecular complexity index is 1650. The Hall–Kier alpha value is -4.19. The number of hydrogen-bond acceptors (Lipinski definition) is 6. The molecule has 6 heteroatoms. The van der Waals surface area contributed by atoms with Crippen molar-refractivity contribution in [3.63, 3.8) is 0 Å². The van der Waals surface area contributed by atoms with Crippen molar-refractivity contribution in [3.8, 4) is 0 Å². The summed E-state index contributed by atoms with van der Waals surface area (Å²) in [5, 5.41) is 0. The second-order valence-electron chi connectivity index (χ2n) is 22.0. The molecule has 0 N–H and O–H groups in total. The maximum Gasteiger partial charge on any atom is 0.309 e. The SMILES string of the molecule is CC/C=C\C/C=C\C/C=C\C/C=C\C/C=C\CCCCCCCCCCCCCC(=O)OCC(COC(=O)C/C=C\C/C=C\C/C=C\C/C=C\C/C=C\CC)OC(=O)CCCCCCCCCCCCCCCCCCCCCC. The van der Waals surface area contributed by atoms with E-state index >= 15 is 0 Å². The predicted octanol–water partition coefficient (Wildman–Crippen LogP) is 23.2. The van der Waals surface area contributed by atoms with Gasteiger partial charge in [-0.2, -0.15) is 0 Å². The molecule has 0 saturated heterocycles. The summed E-state index contributed by atoms with van der Waals surface area (Å²) in [6.45, 7) is 6.36. The highest BCUT2D eigenvalue weighted by molar-refractivity contribution is 5.72. The van der Waals surface area contributed by atoms with Crippen LogP contribution in [0.5, 0.6) is 0 Å². The topological polar surface area (TPSA) is 78.9 Å². The van der Waals surface area contributed by atoms with Crippen LogP contribution in [0.2, 0.25) is 0 Å². The Morgan fingerprint density at radius 1 is 0.275 bits per heavy atom. The molecule has 0 fully saturated rings. The summed E-state index contributed by atoms with van der Waals surface area (Å²) in [5.74, 6) is -1.04. The zero-order valence-electron chi connectivity index (χ0n) is 52.3. The van der Waals surface area contributed by atoms with Gasteiger partial charge in [0.2, 0.25) is 0 Å². The minimum atomic E-state index is -0.822. The molecular formula is C74H124O6. The zero-order chi connectivity index (χ0) is 57.8. The zero-order valence-corrected chi connectivity index (χ0v) is 52.3. The highest BCUT2D eigenvalue weighted by Gasteiger charge is 2.19. The van der Waals surface area contributed by atoms with Crippen LogP contribution in [0.4, 0.5) is 0 Å². The van der Waals surface area contributed by atoms with Crippen molar-refractivity contribution in [1.82, 2.24) is 0 Å². The number of carbonyl (C=O) groups is 3. The van der Waals surface area contributed by atoms with Gasteiger partial charge in [0.05, 0.1) is 6.42 Å². The summed E-state index contributed by atoms with van der Waals surface area (Å²) in [6, 6.07) is 0. The summed E-state index contributed by atoms with van der Waals surface area (Å²) < 4.78 is 16.8. The fourth-order valence-electron chi connectivity index (χ4n) is 9.31. The molecule has 0 aliphatic rings. The Morgan fingerprint density at radius 3 is 0.875 bits per heavy atom. The monoisotopic (exact) mass is 1110 g/mol. The van der Waals surface area contributed by atoms with Gasteiger partial charge in [-0.25, -0.2) is 0 Å². The van der Waals surface area contributed by atoms with E-state index in [9.17, 15) is 14.4 Å². The Labute approximate surface area is 494 Å². The summed E-state index contributed by atoms with van der Waals surface area (Å²) in [5.41, 5.74) is 0. The van der Waals surface area contributed by atoms with Crippen LogP contribution in [0.3, 0.4) is 0 Å². The molecule has 0 amide bonds. The fourth-order valence-corrected chi connectivity index (χ4v) is 9.31. The summed E-state index contributed by atoms with van der Waals surface area (Å²) in [4.78, 5) is 38.3. The van der Waals surface area contributed by atoms with E-state index in [2.05, 4.69) is 130 Å². The highest BCUT2D eigenvalue weighted by Crippen LogP contribution is 2.17. The minimum absolute atomic E-state index is 0.109. The molecule has 6 nitrogen and oxygen atoms in total. The summed E-state index contributed by atoms with van der Waals surface area (Å²) in [7, 11) is 0. The van der Waals surface area contributed by atoms with Crippen LogP contribution in [-0.2, 0) is 28.6 Å². The standard InChI is InChI=1S/C74H124O6/c1-4-7-10-13-16-19-22-25-28-30-32-34-35-36-37-38-39-40-42-43-46-49-52-55-58-61-64-67-73(76)79-70-71(69-78-72(75)66-63-60-57-54-51-48-45-27-24-21-18-15-12-9-6-3)80-74(77)68-65-62-59-56-53-50-47-44-41-33-31-29-26-23-20-17-14-11-8-5-2/h7,9-10,12,16,18-19,21,25,27-28,32,34,36-37,45,51,54,60,63,71H,4-6,8,11,13-15,17,20,22-24,26,29-31,33,35,38-44,46-50,52-53,55-59,61-62,64-70H2,1-3H3/b10-7-,12-9-,19-16-,21-18-,28-25-,34-32-,37-36-,45-27-,54-51-,63-60-. The van der Waals surface area contributed by atoms with Gasteiger partial charge in [0.15, 0.2) is 6.10 Å². The van der Waals surface area contributed by atoms with Crippen LogP contribution in [0, 0.1) is 0 Å². The number of carbonyl (C=O) groups excluding carboxylic acids is 3. The molecule has 456 valence electrons. The quantitative estimate of drug-likeness (QED) is 0.0261. The number of hydrogen-bond donors (Lipinski definition) is 0. The molecule has 1 atom stereocenters. The second kappa shape index (κ2) is 67.3. The molecule has 0 aromatic rings. The first kappa shape index (κ1) is 75.8. The Morgan fingerprint density at radius 2 is 0.537 bits per heavy atom. The number of esters is 3. The van der Waals surface area contributed by atoms with Crippen LogP contribution in [0.15, 0.2) is 122 Å². The molecule has 0 radical (unpaired) electrons. The summed E-state index contributed by atoms with van der Waals surface area (Å²) in [6.07, 6.45) is 93.8. The molecule has 0 heterocycles. The van der Waals surface area contributed by atoms with Gasteiger partial charge in [-0.15, -0.1) is 0 Å². The van der Waals surface area contributed by atoms with E-state index in [0.717, 1.165) is 103 Å². The predicted molar refractivity (Wildman–Crippen MR) is 348 cm³/mol. The number of unbranched alkanes of at least 4 members (excludes halogenated alkanes) is 30. The molecule has 0 spiro atoms. The van der Waals surface area contributed by atoms with E-state index in [1.807, 2.05) is 6.08 Å². The van der Waals surface area contributed by atoms with Crippen molar-refractivity contribution >= 4 is 17.9 Å². The van der Waals surface area contributed by atoms with Crippen molar-refractivity contribution in [2.45, 2.75) is 316 Å². The highest BCUT2D eigenvalue weighted by atomic mass is 16.6. The van der Waals surface area contributed by atoms with Gasteiger partial charge in [0.25, 0.3) is 0 Å². The van der Waals surface area contributed by atoms with E-state index < -0.39 is 12.1 Å². The van der Waals surface area contributed by atoms with E-state index in [0.29, 0.717) is 12.8 Å². The lowest BCUT2D eigenvalue weighted by Gasteiger charge is -2.18. The number of allylic oxidation sites excluding steroid dienone is 19. The lowest BCUT2D eigenvalue weighted by Crippen LogP contribution is -2.30. The van der Waals surface area contributed by atoms with Gasteiger partial charge in [-0.3, -0.25) is 14.4 Å². The molecule has 0 bridgehead atoms. The van der Waals surface area contributed by atoms with Crippen molar-refractivity contribution in [1.29, 1.82) is 0 Å². The fraction of sp³-hybridized carbons (Fsp3) is 0.689. The average molecular weight is 1110 g/mol. The molecule has 0 aliphatic carbocycles. The lowest BCUT2D eigenvalue weighted by atomic mass is 10.0. The number of ether oxygens (including phenoxy) is 3. The first-order chi connectivity index (χ1) is 39.5. The molecule has 0 saturated carbocycles. The smallest absolute Gasteiger partial charge is 0.309 e. The third-order valence-corrected chi connectivity index (χ3v) is 14.2. The third kappa shape index (κ3) is 64.6. The maximum absolute atomic E-state index is 12.9. The normalized spacial score (nSPS) is 12.9. The van der Waals surface area contributed by atoms with Crippen molar-refractivity contribution in [2.75, 3.05) is 13.2 Å². The van der Waals surface area contributed by atoms with Gasteiger partial charge in [0.1, 0.15) is 13.2 Å². The minimum Gasteiger partial charge on any atom is -0.462 e. The van der Waals surface area contributed by atoms with Crippen molar-refractivity contribution in [3.05, 3.63) is 122 Å². The first-order valence-corrected chi connectivity index (χ1v) is 33.5. The lowest BCUT2D eigenvalue weighted by molar-refractivity contribution is -0.166. The number of rotatable bonds is 60. The van der Waals surface area contributed by atoms with Crippen LogP contribution in [-0.4, -0.2) is 37.2 Å². The molecule has 0 aliphatic heterocycles.